The summed E-state index contributed by atoms with van der Waals surface area (Å²) in [5, 5.41) is 0.128. The van der Waals surface area contributed by atoms with Crippen molar-refractivity contribution in [2.45, 2.75) is 0 Å². The van der Waals surface area contributed by atoms with E-state index in [9.17, 15) is 14.2 Å². The Balaban J connectivity index is 2.36. The Bertz CT molecular complexity index is 1230. The van der Waals surface area contributed by atoms with Gasteiger partial charge in [0.25, 0.3) is 0 Å². The quantitative estimate of drug-likeness (QED) is 0.376. The van der Waals surface area contributed by atoms with E-state index >= 15 is 0 Å². The van der Waals surface area contributed by atoms with Crippen LogP contribution >= 0.6 is 30.3 Å². The van der Waals surface area contributed by atoms with Gasteiger partial charge in [0.2, 0.25) is 18.2 Å². The van der Waals surface area contributed by atoms with Gasteiger partial charge < -0.3 is 18.8 Å². The zero-order valence-corrected chi connectivity index (χ0v) is 19.8. The summed E-state index contributed by atoms with van der Waals surface area (Å²) in [6.07, 6.45) is 0. The molecule has 0 spiro atoms. The number of ether oxygens (including phenoxy) is 3. The fourth-order valence-corrected chi connectivity index (χ4v) is 6.14. The van der Waals surface area contributed by atoms with Crippen molar-refractivity contribution in [3.63, 3.8) is 0 Å². The molecule has 3 rings (SSSR count). The number of rotatable bonds is 8. The van der Waals surface area contributed by atoms with Gasteiger partial charge in [0.15, 0.2) is 5.75 Å². The predicted molar refractivity (Wildman–Crippen MR) is 125 cm³/mol. The van der Waals surface area contributed by atoms with E-state index in [0.29, 0.717) is 0 Å². The molecule has 0 aromatic heterocycles. The first-order valence-electron chi connectivity index (χ1n) is 9.29. The topological polar surface area (TPSA) is 78.9 Å². The van der Waals surface area contributed by atoms with Crippen molar-refractivity contribution in [1.29, 1.82) is 0 Å². The highest BCUT2D eigenvalue weighted by Crippen LogP contribution is 2.56. The molecule has 9 heteroatoms. The Morgan fingerprint density at radius 3 is 1.88 bits per heavy atom. The molecule has 0 aliphatic carbocycles. The Hall–Kier alpha value is -2.79. The smallest absolute Gasteiger partial charge is 0.249 e. The molecule has 1 atom stereocenters. The zero-order chi connectivity index (χ0) is 23.5. The number of methoxy groups -OCH3 is 3. The third-order valence-corrected chi connectivity index (χ3v) is 8.04. The Morgan fingerprint density at radius 1 is 0.688 bits per heavy atom. The number of halogens is 2. The van der Waals surface area contributed by atoms with Crippen LogP contribution in [-0.2, 0) is 4.57 Å². The fraction of sp³-hybridized carbons (Fsp3) is 0.130. The predicted octanol–water partition coefficient (Wildman–Crippen LogP) is 5.69. The van der Waals surface area contributed by atoms with Crippen molar-refractivity contribution in [3.05, 3.63) is 81.8 Å². The average Bonchev–Trinajstić information content (AvgIpc) is 2.82. The van der Waals surface area contributed by atoms with Gasteiger partial charge in [-0.05, 0) is 24.3 Å². The Labute approximate surface area is 195 Å². The standard InChI is InChI=1S/C23H19Cl2O6P/c1-29-17-11-7-10-15(24)19(17)22(26)32(28,14-8-5-4-6-9-14)23(27)20-18(30-2)13-12-16(25)21(20)31-3/h4-13H,1-3H3. The number of benzene rings is 3. The lowest BCUT2D eigenvalue weighted by atomic mass is 10.2. The molecule has 0 radical (unpaired) electrons. The monoisotopic (exact) mass is 492 g/mol. The molecule has 0 amide bonds. The molecule has 1 unspecified atom stereocenters. The van der Waals surface area contributed by atoms with Gasteiger partial charge in [0.05, 0.1) is 36.9 Å². The maximum Gasteiger partial charge on any atom is 0.249 e. The summed E-state index contributed by atoms with van der Waals surface area (Å²) in [5.74, 6) is 0.105. The van der Waals surface area contributed by atoms with Crippen LogP contribution in [0.25, 0.3) is 0 Å². The largest absolute Gasteiger partial charge is 0.496 e. The van der Waals surface area contributed by atoms with Crippen LogP contribution in [0.4, 0.5) is 0 Å². The van der Waals surface area contributed by atoms with Gasteiger partial charge >= 0.3 is 0 Å². The van der Waals surface area contributed by atoms with Gasteiger partial charge in [0.1, 0.15) is 17.1 Å². The first-order chi connectivity index (χ1) is 15.3. The van der Waals surface area contributed by atoms with Gasteiger partial charge in [-0.15, -0.1) is 0 Å². The van der Waals surface area contributed by atoms with E-state index < -0.39 is 18.2 Å². The number of carbonyl (C=O) groups excluding carboxylic acids is 2. The van der Waals surface area contributed by atoms with E-state index in [-0.39, 0.29) is 43.7 Å². The van der Waals surface area contributed by atoms with Crippen LogP contribution in [0.15, 0.2) is 60.7 Å². The summed E-state index contributed by atoms with van der Waals surface area (Å²) in [7, 11) is -0.529. The number of hydrogen-bond acceptors (Lipinski definition) is 6. The van der Waals surface area contributed by atoms with Crippen molar-refractivity contribution >= 4 is 46.7 Å². The molecule has 0 saturated carbocycles. The molecular weight excluding hydrogens is 474 g/mol. The molecule has 0 saturated heterocycles. The lowest BCUT2D eigenvalue weighted by Gasteiger charge is -2.21. The Morgan fingerprint density at radius 2 is 1.28 bits per heavy atom. The summed E-state index contributed by atoms with van der Waals surface area (Å²) < 4.78 is 30.4. The van der Waals surface area contributed by atoms with Gasteiger partial charge in [0, 0.05) is 5.30 Å². The molecule has 0 N–H and O–H groups in total. The molecule has 3 aromatic rings. The first kappa shape index (κ1) is 23.9. The molecular formula is C23H19Cl2O6P. The third kappa shape index (κ3) is 4.02. The fourth-order valence-electron chi connectivity index (χ4n) is 3.27. The van der Waals surface area contributed by atoms with Crippen molar-refractivity contribution in [2.75, 3.05) is 21.3 Å². The normalized spacial score (nSPS) is 12.5. The average molecular weight is 493 g/mol. The van der Waals surface area contributed by atoms with Crippen LogP contribution in [-0.4, -0.2) is 32.4 Å². The highest BCUT2D eigenvalue weighted by molar-refractivity contribution is 8.01. The van der Waals surface area contributed by atoms with E-state index in [1.807, 2.05) is 0 Å². The van der Waals surface area contributed by atoms with Crippen LogP contribution in [0.3, 0.4) is 0 Å². The van der Waals surface area contributed by atoms with Crippen LogP contribution < -0.4 is 19.5 Å². The van der Waals surface area contributed by atoms with Crippen molar-refractivity contribution in [2.24, 2.45) is 0 Å². The lowest BCUT2D eigenvalue weighted by molar-refractivity contribution is 0.103. The van der Waals surface area contributed by atoms with Gasteiger partial charge in [-0.25, -0.2) is 0 Å². The van der Waals surface area contributed by atoms with E-state index in [0.717, 1.165) is 0 Å². The summed E-state index contributed by atoms with van der Waals surface area (Å²) >= 11 is 12.5. The highest BCUT2D eigenvalue weighted by atomic mass is 35.5. The van der Waals surface area contributed by atoms with Crippen molar-refractivity contribution in [3.8, 4) is 17.2 Å². The van der Waals surface area contributed by atoms with Gasteiger partial charge in [-0.3, -0.25) is 9.59 Å². The molecule has 166 valence electrons. The zero-order valence-electron chi connectivity index (χ0n) is 17.4. The third-order valence-electron chi connectivity index (χ3n) is 4.81. The second kappa shape index (κ2) is 9.78. The van der Waals surface area contributed by atoms with Crippen LogP contribution in [0, 0.1) is 0 Å². The maximum absolute atomic E-state index is 14.5. The van der Waals surface area contributed by atoms with Crippen LogP contribution in [0.5, 0.6) is 17.2 Å². The summed E-state index contributed by atoms with van der Waals surface area (Å²) in [5.41, 5.74) is -2.32. The SMILES string of the molecule is COc1cccc(Cl)c1C(=O)P(=O)(C(=O)c1c(OC)ccc(Cl)c1OC)c1ccccc1. The minimum atomic E-state index is -4.53. The van der Waals surface area contributed by atoms with E-state index in [2.05, 4.69) is 0 Å². The molecule has 0 aliphatic rings. The molecule has 0 fully saturated rings. The molecule has 3 aromatic carbocycles. The highest BCUT2D eigenvalue weighted by Gasteiger charge is 2.46. The van der Waals surface area contributed by atoms with Gasteiger partial charge in [-0.1, -0.05) is 59.6 Å². The van der Waals surface area contributed by atoms with E-state index in [1.54, 1.807) is 24.3 Å². The number of carbonyl (C=O) groups is 2. The molecule has 0 heterocycles. The Kier molecular flexibility index (Phi) is 7.29. The van der Waals surface area contributed by atoms with Crippen molar-refractivity contribution < 1.29 is 28.4 Å². The minimum absolute atomic E-state index is 0.00308. The van der Waals surface area contributed by atoms with E-state index in [1.165, 1.54) is 57.7 Å². The van der Waals surface area contributed by atoms with Crippen LogP contribution in [0.1, 0.15) is 20.7 Å². The minimum Gasteiger partial charge on any atom is -0.496 e. The summed E-state index contributed by atoms with van der Waals surface area (Å²) in [6, 6.07) is 15.2. The molecule has 6 nitrogen and oxygen atoms in total. The van der Waals surface area contributed by atoms with E-state index in [4.69, 9.17) is 37.4 Å². The second-order valence-electron chi connectivity index (χ2n) is 6.53. The second-order valence-corrected chi connectivity index (χ2v) is 9.89. The van der Waals surface area contributed by atoms with Crippen molar-refractivity contribution in [1.82, 2.24) is 0 Å². The summed E-state index contributed by atoms with van der Waals surface area (Å²) in [6.45, 7) is 0. The molecule has 0 bridgehead atoms. The van der Waals surface area contributed by atoms with Crippen LogP contribution in [0.2, 0.25) is 10.0 Å². The first-order valence-corrected chi connectivity index (χ1v) is 11.8. The van der Waals surface area contributed by atoms with Gasteiger partial charge in [-0.2, -0.15) is 0 Å². The molecule has 0 aliphatic heterocycles. The number of hydrogen-bond donors (Lipinski definition) is 0. The lowest BCUT2D eigenvalue weighted by Crippen LogP contribution is -2.22. The summed E-state index contributed by atoms with van der Waals surface area (Å²) in [4.78, 5) is 27.7. The molecule has 32 heavy (non-hydrogen) atoms. The maximum atomic E-state index is 14.5.